The molecule has 0 saturated heterocycles. The number of benzene rings is 18. The third-order valence-corrected chi connectivity index (χ3v) is 22.2. The minimum absolute atomic E-state index is 1.07. The molecule has 0 heterocycles. The van der Waals surface area contributed by atoms with Gasteiger partial charge in [-0.05, 0) is 291 Å². The Balaban J connectivity index is 0.569. The van der Waals surface area contributed by atoms with E-state index in [2.05, 4.69) is 496 Å². The number of hydrogen-bond acceptors (Lipinski definition) is 4. The number of rotatable bonds is 21. The molecule has 0 aliphatic rings. The monoisotopic (exact) mass is 1490 g/mol. The van der Waals surface area contributed by atoms with Crippen molar-refractivity contribution in [1.82, 2.24) is 0 Å². The second kappa shape index (κ2) is 32.8. The second-order valence-electron chi connectivity index (χ2n) is 30.1. The minimum atomic E-state index is 1.07. The van der Waals surface area contributed by atoms with Crippen molar-refractivity contribution in [3.8, 4) is 100 Å². The van der Waals surface area contributed by atoms with Crippen molar-refractivity contribution in [2.24, 2.45) is 0 Å². The van der Waals surface area contributed by atoms with Gasteiger partial charge in [0.25, 0.3) is 0 Å². The molecule has 0 saturated carbocycles. The van der Waals surface area contributed by atoms with Gasteiger partial charge in [-0.2, -0.15) is 0 Å². The molecule has 0 bridgehead atoms. The van der Waals surface area contributed by atoms with E-state index in [1.165, 1.54) is 83.5 Å². The van der Waals surface area contributed by atoms with E-state index in [1.54, 1.807) is 0 Å². The Hall–Kier alpha value is -14.8. The summed E-state index contributed by atoms with van der Waals surface area (Å²) in [4.78, 5) is 9.40. The Morgan fingerprint density at radius 1 is 0.121 bits per heavy atom. The highest BCUT2D eigenvalue weighted by molar-refractivity contribution is 5.88. The summed E-state index contributed by atoms with van der Waals surface area (Å²) < 4.78 is 0. The van der Waals surface area contributed by atoms with E-state index >= 15 is 0 Å². The molecule has 0 aliphatic carbocycles. The van der Waals surface area contributed by atoms with Crippen LogP contribution in [0.3, 0.4) is 0 Å². The molecular formula is C112H86N4. The molecule has 18 rings (SSSR count). The zero-order valence-electron chi connectivity index (χ0n) is 65.5. The highest BCUT2D eigenvalue weighted by atomic mass is 15.2. The van der Waals surface area contributed by atoms with Crippen LogP contribution >= 0.6 is 0 Å². The van der Waals surface area contributed by atoms with Crippen LogP contribution in [0.2, 0.25) is 0 Å². The highest BCUT2D eigenvalue weighted by Crippen LogP contribution is 2.45. The lowest BCUT2D eigenvalue weighted by molar-refractivity contribution is 1.27. The van der Waals surface area contributed by atoms with Crippen molar-refractivity contribution in [2.45, 2.75) is 27.7 Å². The molecule has 18 aromatic carbocycles. The first kappa shape index (κ1) is 72.7. The summed E-state index contributed by atoms with van der Waals surface area (Å²) >= 11 is 0. The third-order valence-electron chi connectivity index (χ3n) is 22.2. The van der Waals surface area contributed by atoms with Gasteiger partial charge >= 0.3 is 0 Å². The van der Waals surface area contributed by atoms with Gasteiger partial charge in [-0.3, -0.25) is 0 Å². The number of hydrogen-bond donors (Lipinski definition) is 0. The molecule has 0 fully saturated rings. The maximum atomic E-state index is 2.38. The Kier molecular flexibility index (Phi) is 20.6. The van der Waals surface area contributed by atoms with Crippen LogP contribution in [0.5, 0.6) is 0 Å². The lowest BCUT2D eigenvalue weighted by Gasteiger charge is -2.27. The van der Waals surface area contributed by atoms with E-state index in [0.29, 0.717) is 0 Å². The first-order valence-electron chi connectivity index (χ1n) is 39.9. The van der Waals surface area contributed by atoms with Gasteiger partial charge in [0.1, 0.15) is 0 Å². The highest BCUT2D eigenvalue weighted by Gasteiger charge is 2.21. The maximum absolute atomic E-state index is 2.38. The number of nitrogens with zero attached hydrogens (tertiary/aromatic N) is 4. The fraction of sp³-hybridized carbons (Fsp3) is 0.0357. The third kappa shape index (κ3) is 15.8. The maximum Gasteiger partial charge on any atom is 0.0464 e. The quantitative estimate of drug-likeness (QED) is 0.0711. The fourth-order valence-electron chi connectivity index (χ4n) is 15.9. The molecule has 0 spiro atoms. The largest absolute Gasteiger partial charge is 0.311 e. The van der Waals surface area contributed by atoms with Crippen molar-refractivity contribution in [3.05, 3.63) is 471 Å². The van der Waals surface area contributed by atoms with Gasteiger partial charge in [0.05, 0.1) is 0 Å². The van der Waals surface area contributed by atoms with E-state index in [-0.39, 0.29) is 0 Å². The van der Waals surface area contributed by atoms with Crippen LogP contribution in [0.4, 0.5) is 68.2 Å². The second-order valence-corrected chi connectivity index (χ2v) is 30.1. The number of anilines is 12. The van der Waals surface area contributed by atoms with Crippen LogP contribution in [0.15, 0.2) is 449 Å². The molecule has 0 aliphatic heterocycles. The smallest absolute Gasteiger partial charge is 0.0464 e. The molecule has 4 heteroatoms. The summed E-state index contributed by atoms with van der Waals surface area (Å²) in [6.07, 6.45) is 0. The molecular weight excluding hydrogens is 1400 g/mol. The van der Waals surface area contributed by atoms with Gasteiger partial charge in [-0.15, -0.1) is 0 Å². The molecule has 554 valence electrons. The van der Waals surface area contributed by atoms with Crippen LogP contribution in [0.1, 0.15) is 22.3 Å². The first-order valence-corrected chi connectivity index (χ1v) is 39.9. The van der Waals surface area contributed by atoms with E-state index in [4.69, 9.17) is 0 Å². The van der Waals surface area contributed by atoms with Crippen molar-refractivity contribution in [3.63, 3.8) is 0 Å². The van der Waals surface area contributed by atoms with Crippen molar-refractivity contribution >= 4 is 68.2 Å². The molecule has 0 radical (unpaired) electrons. The predicted octanol–water partition coefficient (Wildman–Crippen LogP) is 31.8. The Morgan fingerprint density at radius 2 is 0.319 bits per heavy atom. The summed E-state index contributed by atoms with van der Waals surface area (Å²) in [5, 5.41) is 0. The van der Waals surface area contributed by atoms with Gasteiger partial charge in [-0.25, -0.2) is 0 Å². The number of aryl methyl sites for hydroxylation is 4. The Bertz CT molecular complexity index is 6350. The van der Waals surface area contributed by atoms with E-state index in [1.807, 2.05) is 0 Å². The van der Waals surface area contributed by atoms with Crippen LogP contribution in [-0.2, 0) is 0 Å². The summed E-state index contributed by atoms with van der Waals surface area (Å²) in [7, 11) is 0. The molecule has 116 heavy (non-hydrogen) atoms. The molecule has 0 N–H and O–H groups in total. The molecule has 18 aromatic rings. The van der Waals surface area contributed by atoms with Crippen LogP contribution in [0, 0.1) is 27.7 Å². The summed E-state index contributed by atoms with van der Waals surface area (Å²) in [6.45, 7) is 8.67. The SMILES string of the molecule is Cc1ccc(N(c2ccc(-c3ccccc3)cc2)c2ccc(-c3ccc(-c4ccc(N(c5ccc(C)cc5)c5ccc(-c6cccc(-c7ccc(N(c8ccc(-c9ccccc9)cc8)c8ccc(-c9ccc(-c%10ccc(N(c%11ccc(-c%12ccccc%12)cc%11)c%11cccc(C)c%11)cc%10)cc9)cc8)cc7C)c6)cc5)cc4)cc3)cc2)cc1. The molecule has 0 atom stereocenters. The average molecular weight is 1490 g/mol. The first-order chi connectivity index (χ1) is 57.1. The fourth-order valence-corrected chi connectivity index (χ4v) is 15.9. The molecule has 4 nitrogen and oxygen atoms in total. The van der Waals surface area contributed by atoms with Crippen LogP contribution < -0.4 is 19.6 Å². The summed E-state index contributed by atoms with van der Waals surface area (Å²) in [5.74, 6) is 0. The normalized spacial score (nSPS) is 11.1. The van der Waals surface area contributed by atoms with Crippen molar-refractivity contribution < 1.29 is 0 Å². The van der Waals surface area contributed by atoms with Crippen LogP contribution in [-0.4, -0.2) is 0 Å². The average Bonchev–Trinajstić information content (AvgIpc) is 0.793. The van der Waals surface area contributed by atoms with Crippen molar-refractivity contribution in [1.29, 1.82) is 0 Å². The molecule has 0 amide bonds. The van der Waals surface area contributed by atoms with Gasteiger partial charge in [-0.1, -0.05) is 308 Å². The predicted molar refractivity (Wildman–Crippen MR) is 493 cm³/mol. The zero-order chi connectivity index (χ0) is 78.3. The summed E-state index contributed by atoms with van der Waals surface area (Å²) in [5.41, 5.74) is 39.2. The van der Waals surface area contributed by atoms with Gasteiger partial charge in [0.15, 0.2) is 0 Å². The van der Waals surface area contributed by atoms with Crippen LogP contribution in [0.25, 0.3) is 100 Å². The van der Waals surface area contributed by atoms with Crippen molar-refractivity contribution in [2.75, 3.05) is 19.6 Å². The van der Waals surface area contributed by atoms with E-state index < -0.39 is 0 Å². The molecule has 0 unspecified atom stereocenters. The zero-order valence-corrected chi connectivity index (χ0v) is 65.5. The summed E-state index contributed by atoms with van der Waals surface area (Å²) in [6, 6.07) is 163. The van der Waals surface area contributed by atoms with E-state index in [0.717, 1.165) is 107 Å². The van der Waals surface area contributed by atoms with E-state index in [9.17, 15) is 0 Å². The Morgan fingerprint density at radius 3 is 0.586 bits per heavy atom. The van der Waals surface area contributed by atoms with Gasteiger partial charge in [0, 0.05) is 68.2 Å². The lowest BCUT2D eigenvalue weighted by Crippen LogP contribution is -2.10. The Labute approximate surface area is 682 Å². The lowest BCUT2D eigenvalue weighted by atomic mass is 9.95. The standard InChI is InChI=1S/C112H86N4/c1-79-26-54-100(55-27-79)113(102-58-38-90(39-59-102)83-17-8-5-9-18-83)103-60-44-93(45-61-103)86-30-32-87(33-31-86)94-46-62-104(63-47-94)114(101-56-28-80(2)29-57-101)105-72-52-97(53-73-105)98-23-15-24-99(78-98)112-75-74-111(77-82(112)4)116(108-66-42-92(43-67-108)85-21-12-7-13-22-85)109-70-50-96(51-71-109)89-36-34-88(35-37-89)95-48-68-107(69-49-95)115(110-25-14-16-81(3)76-110)106-64-40-91(41-65-106)84-19-10-6-11-20-84/h5-78H,1-4H3. The van der Waals surface area contributed by atoms with Gasteiger partial charge < -0.3 is 19.6 Å². The minimum Gasteiger partial charge on any atom is -0.311 e. The molecule has 0 aromatic heterocycles. The topological polar surface area (TPSA) is 13.0 Å². The van der Waals surface area contributed by atoms with Gasteiger partial charge in [0.2, 0.25) is 0 Å².